The lowest BCUT2D eigenvalue weighted by molar-refractivity contribution is -0.148. The number of aromatic nitrogens is 2. The van der Waals surface area contributed by atoms with Gasteiger partial charge in [-0.05, 0) is 17.7 Å². The minimum absolute atomic E-state index is 0.000120. The Balaban J connectivity index is 1.72. The van der Waals surface area contributed by atoms with Crippen LogP contribution in [0.25, 0.3) is 0 Å². The summed E-state index contributed by atoms with van der Waals surface area (Å²) in [5.74, 6) is -6.49. The first-order valence-electron chi connectivity index (χ1n) is 8.04. The van der Waals surface area contributed by atoms with E-state index in [1.165, 1.54) is 29.4 Å². The maximum absolute atomic E-state index is 12.9. The van der Waals surface area contributed by atoms with Crippen molar-refractivity contribution in [3.05, 3.63) is 51.9 Å². The van der Waals surface area contributed by atoms with Gasteiger partial charge in [-0.3, -0.25) is 4.79 Å². The average Bonchev–Trinajstić information content (AvgIpc) is 2.96. The van der Waals surface area contributed by atoms with Gasteiger partial charge in [-0.15, -0.1) is 0 Å². The van der Waals surface area contributed by atoms with Gasteiger partial charge in [0.25, 0.3) is 5.91 Å². The van der Waals surface area contributed by atoms with Crippen molar-refractivity contribution in [2.75, 3.05) is 6.61 Å². The molecular weight excluding hydrogens is 422 g/mol. The first kappa shape index (κ1) is 20.8. The molecule has 0 bridgehead atoms. The molecule has 2 aromatic rings. The van der Waals surface area contributed by atoms with Crippen molar-refractivity contribution in [2.45, 2.75) is 25.4 Å². The Hall–Kier alpha value is -2.95. The maximum atomic E-state index is 12.9. The van der Waals surface area contributed by atoms with Crippen LogP contribution in [0.4, 0.5) is 17.6 Å². The number of carbonyl (C=O) groups is 2. The minimum Gasteiger partial charge on any atom is -0.477 e. The molecule has 0 radical (unpaired) electrons. The summed E-state index contributed by atoms with van der Waals surface area (Å²) in [4.78, 5) is 32.5. The molecule has 3 rings (SSSR count). The molecule has 0 saturated heterocycles. The molecule has 0 aromatic carbocycles. The summed E-state index contributed by atoms with van der Waals surface area (Å²) >= 11 is 5.90. The van der Waals surface area contributed by atoms with E-state index in [1.807, 2.05) is 0 Å². The number of ether oxygens (including phenoxy) is 1. The number of rotatable bonds is 7. The topological polar surface area (TPSA) is 92.6 Å². The van der Waals surface area contributed by atoms with E-state index in [1.54, 1.807) is 0 Å². The molecule has 1 aliphatic rings. The van der Waals surface area contributed by atoms with Gasteiger partial charge in [0.2, 0.25) is 5.88 Å². The summed E-state index contributed by atoms with van der Waals surface area (Å²) in [6.45, 7) is -1.60. The van der Waals surface area contributed by atoms with Gasteiger partial charge >= 0.3 is 18.3 Å². The second kappa shape index (κ2) is 7.82. The number of pyridine rings is 2. The molecule has 0 fully saturated rings. The zero-order valence-electron chi connectivity index (χ0n) is 14.4. The van der Waals surface area contributed by atoms with E-state index in [0.717, 1.165) is 0 Å². The van der Waals surface area contributed by atoms with Crippen molar-refractivity contribution in [3.8, 4) is 5.88 Å². The van der Waals surface area contributed by atoms with Crippen LogP contribution >= 0.6 is 11.6 Å². The second-order valence-electron chi connectivity index (χ2n) is 6.13. The van der Waals surface area contributed by atoms with Gasteiger partial charge in [0, 0.05) is 36.6 Å². The van der Waals surface area contributed by atoms with E-state index < -0.39 is 36.7 Å². The highest BCUT2D eigenvalue weighted by Gasteiger charge is 2.42. The molecule has 1 N–H and O–H groups in total. The van der Waals surface area contributed by atoms with E-state index in [0.29, 0.717) is 5.56 Å². The third-order valence-electron chi connectivity index (χ3n) is 4.08. The lowest BCUT2D eigenvalue weighted by atomic mass is 10.1. The van der Waals surface area contributed by atoms with Crippen LogP contribution in [0, 0.1) is 0 Å². The largest absolute Gasteiger partial charge is 0.477 e. The summed E-state index contributed by atoms with van der Waals surface area (Å²) in [5.41, 5.74) is 0.663. The molecule has 154 valence electrons. The normalized spacial score (nSPS) is 13.7. The minimum atomic E-state index is -4.35. The van der Waals surface area contributed by atoms with Crippen LogP contribution in [0.1, 0.15) is 32.0 Å². The predicted octanol–water partition coefficient (Wildman–Crippen LogP) is 3.26. The van der Waals surface area contributed by atoms with Gasteiger partial charge in [-0.25, -0.2) is 23.5 Å². The Morgan fingerprint density at radius 1 is 1.38 bits per heavy atom. The zero-order chi connectivity index (χ0) is 21.3. The highest BCUT2D eigenvalue weighted by atomic mass is 35.5. The Labute approximate surface area is 165 Å². The monoisotopic (exact) mass is 433 g/mol. The molecule has 0 aliphatic carbocycles. The van der Waals surface area contributed by atoms with Crippen LogP contribution < -0.4 is 4.74 Å². The smallest absolute Gasteiger partial charge is 0.354 e. The number of hydrogen-bond acceptors (Lipinski definition) is 5. The van der Waals surface area contributed by atoms with Crippen LogP contribution in [0.3, 0.4) is 0 Å². The zero-order valence-corrected chi connectivity index (χ0v) is 15.2. The number of carboxylic acids is 1. The van der Waals surface area contributed by atoms with Crippen LogP contribution in [0.15, 0.2) is 24.5 Å². The van der Waals surface area contributed by atoms with Crippen LogP contribution in [0.5, 0.6) is 5.88 Å². The molecule has 0 saturated carbocycles. The summed E-state index contributed by atoms with van der Waals surface area (Å²) in [7, 11) is 0. The predicted molar refractivity (Wildman–Crippen MR) is 90.5 cm³/mol. The van der Waals surface area contributed by atoms with Crippen molar-refractivity contribution in [2.24, 2.45) is 0 Å². The van der Waals surface area contributed by atoms with E-state index in [9.17, 15) is 32.3 Å². The van der Waals surface area contributed by atoms with Crippen LogP contribution in [0.2, 0.25) is 5.02 Å². The van der Waals surface area contributed by atoms with Crippen molar-refractivity contribution in [1.82, 2.24) is 14.9 Å². The molecular formula is C17H12ClF4N3O4. The highest BCUT2D eigenvalue weighted by molar-refractivity contribution is 6.31. The molecule has 0 unspecified atom stereocenters. The number of carbonyl (C=O) groups excluding carboxylic acids is 1. The fourth-order valence-electron chi connectivity index (χ4n) is 2.70. The molecule has 1 amide bonds. The van der Waals surface area contributed by atoms with Crippen LogP contribution in [-0.2, 0) is 13.1 Å². The van der Waals surface area contributed by atoms with Crippen molar-refractivity contribution in [3.63, 3.8) is 0 Å². The molecule has 3 heterocycles. The number of halogens is 5. The summed E-state index contributed by atoms with van der Waals surface area (Å²) in [5, 5.41) is 8.98. The molecule has 7 nitrogen and oxygen atoms in total. The average molecular weight is 434 g/mol. The van der Waals surface area contributed by atoms with Gasteiger partial charge in [0.05, 0.1) is 0 Å². The lowest BCUT2D eigenvalue weighted by Gasteiger charge is -2.18. The standard InChI is InChI=1S/C17H12ClF4N3O4/c18-11-3-8(4-24-13(11)29-7-17(21,22)16(19)20)5-25-6-10-9(14(25)26)1-2-23-12(10)15(27)28/h1-4,16H,5-7H2,(H,27,28). The third-order valence-corrected chi connectivity index (χ3v) is 4.35. The van der Waals surface area contributed by atoms with Crippen LogP contribution in [-0.4, -0.2) is 50.8 Å². The van der Waals surface area contributed by atoms with Crippen molar-refractivity contribution >= 4 is 23.5 Å². The summed E-state index contributed by atoms with van der Waals surface area (Å²) < 4.78 is 54.8. The van der Waals surface area contributed by atoms with Gasteiger partial charge in [0.1, 0.15) is 5.02 Å². The van der Waals surface area contributed by atoms with E-state index in [4.69, 9.17) is 11.6 Å². The fraction of sp³-hybridized carbons (Fsp3) is 0.294. The Bertz CT molecular complexity index is 974. The SMILES string of the molecule is O=C(O)c1nccc2c1CN(Cc1cnc(OCC(F)(F)C(F)F)c(Cl)c1)C2=O. The van der Waals surface area contributed by atoms with Gasteiger partial charge in [-0.1, -0.05) is 11.6 Å². The second-order valence-corrected chi connectivity index (χ2v) is 6.54. The van der Waals surface area contributed by atoms with Gasteiger partial charge < -0.3 is 14.7 Å². The summed E-state index contributed by atoms with van der Waals surface area (Å²) in [6, 6.07) is 2.70. The number of amides is 1. The maximum Gasteiger partial charge on any atom is 0.354 e. The number of hydrogen-bond donors (Lipinski definition) is 1. The fourth-order valence-corrected chi connectivity index (χ4v) is 2.95. The third kappa shape index (κ3) is 4.24. The number of fused-ring (bicyclic) bond motifs is 1. The lowest BCUT2D eigenvalue weighted by Crippen LogP contribution is -2.34. The number of aromatic carboxylic acids is 1. The molecule has 12 heteroatoms. The Morgan fingerprint density at radius 3 is 2.72 bits per heavy atom. The van der Waals surface area contributed by atoms with Crippen molar-refractivity contribution in [1.29, 1.82) is 0 Å². The van der Waals surface area contributed by atoms with Crippen molar-refractivity contribution < 1.29 is 37.0 Å². The highest BCUT2D eigenvalue weighted by Crippen LogP contribution is 2.30. The molecule has 29 heavy (non-hydrogen) atoms. The van der Waals surface area contributed by atoms with Gasteiger partial charge in [0.15, 0.2) is 12.3 Å². The Kier molecular flexibility index (Phi) is 5.60. The van der Waals surface area contributed by atoms with E-state index >= 15 is 0 Å². The first-order valence-corrected chi connectivity index (χ1v) is 8.41. The number of carboxylic acid groups (broad SMARTS) is 1. The molecule has 1 aliphatic heterocycles. The number of alkyl halides is 4. The number of nitrogens with zero attached hydrogens (tertiary/aromatic N) is 3. The van der Waals surface area contributed by atoms with E-state index in [2.05, 4.69) is 14.7 Å². The molecule has 0 atom stereocenters. The first-order chi connectivity index (χ1) is 13.6. The summed E-state index contributed by atoms with van der Waals surface area (Å²) in [6.07, 6.45) is -1.48. The van der Waals surface area contributed by atoms with Gasteiger partial charge in [-0.2, -0.15) is 8.78 Å². The molecule has 2 aromatic heterocycles. The molecule has 0 spiro atoms. The quantitative estimate of drug-likeness (QED) is 0.674. The Morgan fingerprint density at radius 2 is 2.10 bits per heavy atom. The van der Waals surface area contributed by atoms with E-state index in [-0.39, 0.29) is 34.9 Å².